The van der Waals surface area contributed by atoms with Gasteiger partial charge in [-0.15, -0.1) is 0 Å². The van der Waals surface area contributed by atoms with Crippen molar-refractivity contribution in [1.29, 1.82) is 0 Å². The van der Waals surface area contributed by atoms with E-state index in [0.717, 1.165) is 88.7 Å². The zero-order valence-electron chi connectivity index (χ0n) is 23.5. The highest BCUT2D eigenvalue weighted by molar-refractivity contribution is 6.00. The molecule has 0 aliphatic rings. The maximum absolute atomic E-state index is 13.4. The number of carbonyl (C=O) groups is 2. The molecule has 4 N–H and O–H groups in total. The Labute approximate surface area is 224 Å². The van der Waals surface area contributed by atoms with Gasteiger partial charge in [0.25, 0.3) is 11.8 Å². The second-order valence-electron chi connectivity index (χ2n) is 10.0. The summed E-state index contributed by atoms with van der Waals surface area (Å²) in [6.45, 7) is 11.5. The number of nitrogens with zero attached hydrogens (tertiary/aromatic N) is 2. The summed E-state index contributed by atoms with van der Waals surface area (Å²) >= 11 is 0. The molecule has 0 fully saturated rings. The number of unbranched alkanes of at least 4 members (excludes halogenated alkanes) is 4. The topological polar surface area (TPSA) is 92.7 Å². The lowest BCUT2D eigenvalue weighted by molar-refractivity contribution is 0.0744. The Morgan fingerprint density at radius 1 is 0.595 bits per heavy atom. The third-order valence-corrected chi connectivity index (χ3v) is 6.81. The van der Waals surface area contributed by atoms with E-state index in [1.165, 1.54) is 0 Å². The predicted molar refractivity (Wildman–Crippen MR) is 156 cm³/mol. The van der Waals surface area contributed by atoms with E-state index in [1.54, 1.807) is 0 Å². The molecule has 0 spiro atoms. The van der Waals surface area contributed by atoms with E-state index < -0.39 is 0 Å². The first kappa shape index (κ1) is 30.2. The summed E-state index contributed by atoms with van der Waals surface area (Å²) in [4.78, 5) is 30.7. The molecule has 0 aliphatic carbocycles. The van der Waals surface area contributed by atoms with Crippen LogP contribution in [0.25, 0.3) is 0 Å². The first-order valence-electron chi connectivity index (χ1n) is 14.2. The van der Waals surface area contributed by atoms with Crippen molar-refractivity contribution in [3.63, 3.8) is 0 Å². The van der Waals surface area contributed by atoms with Crippen molar-refractivity contribution in [3.8, 4) is 0 Å². The van der Waals surface area contributed by atoms with Crippen molar-refractivity contribution in [3.05, 3.63) is 58.7 Å². The zero-order valence-corrected chi connectivity index (χ0v) is 23.5. The molecule has 0 unspecified atom stereocenters. The minimum absolute atomic E-state index is 0.00286. The fourth-order valence-corrected chi connectivity index (χ4v) is 4.40. The van der Waals surface area contributed by atoms with Crippen molar-refractivity contribution in [2.75, 3.05) is 37.6 Å². The van der Waals surface area contributed by atoms with Crippen molar-refractivity contribution in [2.24, 2.45) is 0 Å². The fraction of sp³-hybridized carbons (Fsp3) is 0.548. The van der Waals surface area contributed by atoms with Crippen molar-refractivity contribution < 1.29 is 9.59 Å². The van der Waals surface area contributed by atoms with Crippen LogP contribution in [0.4, 0.5) is 11.4 Å². The number of anilines is 2. The lowest BCUT2D eigenvalue weighted by Crippen LogP contribution is -2.33. The fourth-order valence-electron chi connectivity index (χ4n) is 4.40. The Hall–Kier alpha value is -3.02. The third kappa shape index (κ3) is 9.10. The SMILES string of the molecule is CCCCN(CCCC)C(=O)c1cc(Cc2ccc(N)c(C(=O)N(CCCC)CCCC)c2)ccc1N. The number of nitrogen functional groups attached to an aromatic ring is 2. The van der Waals surface area contributed by atoms with Crippen LogP contribution in [0.2, 0.25) is 0 Å². The van der Waals surface area contributed by atoms with Crippen LogP contribution >= 0.6 is 0 Å². The summed E-state index contributed by atoms with van der Waals surface area (Å²) in [6, 6.07) is 11.4. The van der Waals surface area contributed by atoms with Crippen LogP contribution in [0, 0.1) is 0 Å². The number of benzene rings is 2. The molecule has 2 rings (SSSR count). The second-order valence-corrected chi connectivity index (χ2v) is 10.0. The van der Waals surface area contributed by atoms with Gasteiger partial charge in [-0.1, -0.05) is 65.5 Å². The quantitative estimate of drug-likeness (QED) is 0.252. The Morgan fingerprint density at radius 3 is 1.22 bits per heavy atom. The van der Waals surface area contributed by atoms with Crippen molar-refractivity contribution in [2.45, 2.75) is 85.5 Å². The van der Waals surface area contributed by atoms with Gasteiger partial charge >= 0.3 is 0 Å². The van der Waals surface area contributed by atoms with E-state index in [9.17, 15) is 9.59 Å². The minimum atomic E-state index is -0.00286. The molecule has 204 valence electrons. The van der Waals surface area contributed by atoms with Gasteiger partial charge in [-0.25, -0.2) is 0 Å². The van der Waals surface area contributed by atoms with Gasteiger partial charge in [-0.2, -0.15) is 0 Å². The zero-order chi connectivity index (χ0) is 27.2. The van der Waals surface area contributed by atoms with Gasteiger partial charge in [-0.05, 0) is 67.5 Å². The van der Waals surface area contributed by atoms with E-state index in [1.807, 2.05) is 46.2 Å². The molecule has 0 saturated carbocycles. The molecule has 6 heteroatoms. The highest BCUT2D eigenvalue weighted by Crippen LogP contribution is 2.23. The largest absolute Gasteiger partial charge is 0.398 e. The van der Waals surface area contributed by atoms with E-state index in [2.05, 4.69) is 27.7 Å². The molecule has 0 heterocycles. The third-order valence-electron chi connectivity index (χ3n) is 6.81. The van der Waals surface area contributed by atoms with Crippen LogP contribution in [-0.2, 0) is 6.42 Å². The molecule has 0 bridgehead atoms. The molecule has 6 nitrogen and oxygen atoms in total. The van der Waals surface area contributed by atoms with E-state index in [4.69, 9.17) is 11.5 Å². The number of amides is 2. The lowest BCUT2D eigenvalue weighted by atomic mass is 9.98. The van der Waals surface area contributed by atoms with E-state index in [-0.39, 0.29) is 11.8 Å². The van der Waals surface area contributed by atoms with Crippen LogP contribution < -0.4 is 11.5 Å². The average molecular weight is 509 g/mol. The van der Waals surface area contributed by atoms with Gasteiger partial charge in [0.05, 0.1) is 11.1 Å². The summed E-state index contributed by atoms with van der Waals surface area (Å²) in [5.41, 5.74) is 16.6. The molecule has 0 saturated heterocycles. The van der Waals surface area contributed by atoms with Gasteiger partial charge in [-0.3, -0.25) is 9.59 Å². The molecular formula is C31H48N4O2. The van der Waals surface area contributed by atoms with Crippen LogP contribution in [-0.4, -0.2) is 47.8 Å². The monoisotopic (exact) mass is 508 g/mol. The van der Waals surface area contributed by atoms with Crippen LogP contribution in [0.1, 0.15) is 111 Å². The number of rotatable bonds is 16. The van der Waals surface area contributed by atoms with E-state index >= 15 is 0 Å². The van der Waals surface area contributed by atoms with Gasteiger partial charge < -0.3 is 21.3 Å². The number of nitrogens with two attached hydrogens (primary N) is 2. The Balaban J connectivity index is 2.28. The first-order chi connectivity index (χ1) is 17.9. The maximum Gasteiger partial charge on any atom is 0.255 e. The highest BCUT2D eigenvalue weighted by Gasteiger charge is 2.20. The Morgan fingerprint density at radius 2 is 0.919 bits per heavy atom. The standard InChI is InChI=1S/C31H48N4O2/c1-5-9-17-34(18-10-6-2)30(36)26-22-24(13-15-28(26)32)21-25-14-16-29(33)27(23-25)31(37)35(19-11-7-3)20-12-8-4/h13-16,22-23H,5-12,17-21,32-33H2,1-4H3. The van der Waals surface area contributed by atoms with Crippen LogP contribution in [0.15, 0.2) is 36.4 Å². The predicted octanol–water partition coefficient (Wildman–Crippen LogP) is 6.53. The Kier molecular flexibility index (Phi) is 13.0. The number of hydrogen-bond donors (Lipinski definition) is 2. The smallest absolute Gasteiger partial charge is 0.255 e. The summed E-state index contributed by atoms with van der Waals surface area (Å²) in [5, 5.41) is 0. The maximum atomic E-state index is 13.4. The first-order valence-corrected chi connectivity index (χ1v) is 14.2. The summed E-state index contributed by atoms with van der Waals surface area (Å²) in [6.07, 6.45) is 8.66. The van der Waals surface area contributed by atoms with Gasteiger partial charge in [0.15, 0.2) is 0 Å². The van der Waals surface area contributed by atoms with Gasteiger partial charge in [0.1, 0.15) is 0 Å². The number of hydrogen-bond acceptors (Lipinski definition) is 4. The molecule has 2 amide bonds. The molecule has 0 aliphatic heterocycles. The molecule has 0 aromatic heterocycles. The summed E-state index contributed by atoms with van der Waals surface area (Å²) < 4.78 is 0. The summed E-state index contributed by atoms with van der Waals surface area (Å²) in [7, 11) is 0. The van der Waals surface area contributed by atoms with E-state index in [0.29, 0.717) is 28.9 Å². The number of carbonyl (C=O) groups excluding carboxylic acids is 2. The molecule has 0 atom stereocenters. The highest BCUT2D eigenvalue weighted by atomic mass is 16.2. The Bertz CT molecular complexity index is 909. The van der Waals surface area contributed by atoms with Crippen molar-refractivity contribution >= 4 is 23.2 Å². The molecule has 2 aromatic carbocycles. The molecule has 2 aromatic rings. The normalized spacial score (nSPS) is 10.9. The molecule has 37 heavy (non-hydrogen) atoms. The van der Waals surface area contributed by atoms with Gasteiger partial charge in [0.2, 0.25) is 0 Å². The van der Waals surface area contributed by atoms with Gasteiger partial charge in [0, 0.05) is 37.6 Å². The van der Waals surface area contributed by atoms with Crippen LogP contribution in [0.3, 0.4) is 0 Å². The second kappa shape index (κ2) is 16.0. The molecular weight excluding hydrogens is 460 g/mol. The average Bonchev–Trinajstić information content (AvgIpc) is 2.90. The van der Waals surface area contributed by atoms with Crippen molar-refractivity contribution in [1.82, 2.24) is 9.80 Å². The molecule has 0 radical (unpaired) electrons. The lowest BCUT2D eigenvalue weighted by Gasteiger charge is -2.24. The van der Waals surface area contributed by atoms with Crippen LogP contribution in [0.5, 0.6) is 0 Å². The minimum Gasteiger partial charge on any atom is -0.398 e. The summed E-state index contributed by atoms with van der Waals surface area (Å²) in [5.74, 6) is -0.00572.